The molecule has 9 atom stereocenters. The third kappa shape index (κ3) is 11.3. The van der Waals surface area contributed by atoms with E-state index < -0.39 is 83.4 Å². The topological polar surface area (TPSA) is 187 Å². The van der Waals surface area contributed by atoms with Gasteiger partial charge in [0.15, 0.2) is 10.9 Å². The lowest BCUT2D eigenvalue weighted by Crippen LogP contribution is -2.48. The van der Waals surface area contributed by atoms with Gasteiger partial charge in [-0.05, 0) is 95.6 Å². The maximum Gasteiger partial charge on any atom is 0.410 e. The zero-order chi connectivity index (χ0) is 50.8. The molecule has 1 aromatic carbocycles. The van der Waals surface area contributed by atoms with E-state index in [9.17, 15) is 37.9 Å². The number of aliphatic carboxylic acids is 1. The number of aromatic nitrogens is 2. The number of anilines is 1. The molecule has 8 rings (SSSR count). The van der Waals surface area contributed by atoms with Gasteiger partial charge in [0, 0.05) is 42.1 Å². The van der Waals surface area contributed by atoms with Crippen molar-refractivity contribution in [3.05, 3.63) is 28.6 Å². The summed E-state index contributed by atoms with van der Waals surface area (Å²) in [4.78, 5) is 80.8. The van der Waals surface area contributed by atoms with E-state index in [1.54, 1.807) is 39.0 Å². The van der Waals surface area contributed by atoms with Gasteiger partial charge in [-0.1, -0.05) is 45.7 Å². The third-order valence-electron chi connectivity index (χ3n) is 14.5. The van der Waals surface area contributed by atoms with Gasteiger partial charge in [0.05, 0.1) is 54.1 Å². The minimum Gasteiger partial charge on any atom is -0.490 e. The summed E-state index contributed by atoms with van der Waals surface area (Å²) in [6.07, 6.45) is 0.905. The number of halogens is 3. The molecule has 3 saturated carbocycles. The Morgan fingerprint density at radius 1 is 0.957 bits per heavy atom. The Bertz CT molecular complexity index is 2520. The predicted molar refractivity (Wildman–Crippen MR) is 259 cm³/mol. The molecule has 5 fully saturated rings. The molecule has 382 valence electrons. The number of nitrogens with zero attached hydrogens (tertiary/aromatic N) is 4. The van der Waals surface area contributed by atoms with E-state index >= 15 is 0 Å². The van der Waals surface area contributed by atoms with Gasteiger partial charge in [-0.3, -0.25) is 24.1 Å². The highest BCUT2D eigenvalue weighted by Crippen LogP contribution is 2.58. The SMILES string of the molecule is CC[C@@H]1C[C@]1(CC(=O)[C@@H]1C[C@@H](Oc2cc(-c3csc(NC(C)C)n3)nc3c(Cl)c(OC[C@@H]4CC(F)(F)CN4C(=O)OC(C)(C)C)ccc23)CN1C(=O)[C@@H](CC(=O)OC1C[C@@H]2C[C@@H]2C1)C(C)(C)C)C(=O)O. The largest absolute Gasteiger partial charge is 0.490 e. The second kappa shape index (κ2) is 19.3. The lowest BCUT2D eigenvalue weighted by molar-refractivity contribution is -0.157. The maximum atomic E-state index is 15.0. The van der Waals surface area contributed by atoms with Crippen LogP contribution in [-0.4, -0.2) is 116 Å². The number of esters is 1. The number of ketones is 1. The van der Waals surface area contributed by atoms with Crippen LogP contribution in [0.15, 0.2) is 23.6 Å². The van der Waals surface area contributed by atoms with E-state index in [2.05, 4.69) is 5.32 Å². The first-order chi connectivity index (χ1) is 32.7. The molecule has 5 aliphatic rings. The van der Waals surface area contributed by atoms with Crippen molar-refractivity contribution in [2.75, 3.05) is 25.0 Å². The molecule has 2 N–H and O–H groups in total. The molecule has 2 saturated heterocycles. The molecule has 70 heavy (non-hydrogen) atoms. The first-order valence-electron chi connectivity index (χ1n) is 24.5. The van der Waals surface area contributed by atoms with Gasteiger partial charge in [0.1, 0.15) is 46.6 Å². The average Bonchev–Trinajstić information content (AvgIpc) is 3.81. The normalized spacial score (nSPS) is 27.3. The Kier molecular flexibility index (Phi) is 14.2. The Hall–Kier alpha value is -4.84. The number of rotatable bonds is 17. The Labute approximate surface area is 416 Å². The monoisotopic (exact) mass is 1010 g/mol. The zero-order valence-corrected chi connectivity index (χ0v) is 43.0. The lowest BCUT2D eigenvalue weighted by atomic mass is 9.77. The first-order valence-corrected chi connectivity index (χ1v) is 25.8. The second-order valence-electron chi connectivity index (χ2n) is 22.6. The molecule has 0 radical (unpaired) electrons. The number of ether oxygens (including phenoxy) is 4. The van der Waals surface area contributed by atoms with E-state index in [0.29, 0.717) is 46.6 Å². The van der Waals surface area contributed by atoms with Gasteiger partial charge in [-0.15, -0.1) is 11.3 Å². The van der Waals surface area contributed by atoms with Crippen molar-refractivity contribution in [3.8, 4) is 22.9 Å². The maximum absolute atomic E-state index is 15.0. The number of carbonyl (C=O) groups is 5. The second-order valence-corrected chi connectivity index (χ2v) is 23.8. The number of nitrogens with one attached hydrogen (secondary N) is 1. The van der Waals surface area contributed by atoms with Gasteiger partial charge in [-0.2, -0.15) is 0 Å². The summed E-state index contributed by atoms with van der Waals surface area (Å²) in [5.74, 6) is -4.91. The molecule has 3 aliphatic carbocycles. The number of likely N-dealkylation sites (tertiary alicyclic amines) is 2. The molecule has 0 spiro atoms. The van der Waals surface area contributed by atoms with E-state index in [1.807, 2.05) is 46.9 Å². The average molecular weight is 1010 g/mol. The van der Waals surface area contributed by atoms with E-state index in [4.69, 9.17) is 40.5 Å². The van der Waals surface area contributed by atoms with Crippen LogP contribution in [0.1, 0.15) is 120 Å². The zero-order valence-electron chi connectivity index (χ0n) is 41.4. The minimum atomic E-state index is -3.16. The molecule has 0 bridgehead atoms. The highest BCUT2D eigenvalue weighted by atomic mass is 35.5. The van der Waals surface area contributed by atoms with Crippen LogP contribution >= 0.6 is 22.9 Å². The summed E-state index contributed by atoms with van der Waals surface area (Å²) in [6.45, 7) is 15.2. The van der Waals surface area contributed by atoms with Crippen LogP contribution < -0.4 is 14.8 Å². The molecular weight excluding hydrogens is 948 g/mol. The van der Waals surface area contributed by atoms with Crippen LogP contribution in [0.5, 0.6) is 11.5 Å². The number of pyridine rings is 1. The number of carbonyl (C=O) groups excluding carboxylic acids is 4. The van der Waals surface area contributed by atoms with Crippen LogP contribution in [0.2, 0.25) is 5.02 Å². The van der Waals surface area contributed by atoms with Gasteiger partial charge < -0.3 is 34.3 Å². The van der Waals surface area contributed by atoms with Gasteiger partial charge in [-0.25, -0.2) is 23.5 Å². The van der Waals surface area contributed by atoms with E-state index in [1.165, 1.54) is 16.2 Å². The number of hydrogen-bond acceptors (Lipinski definition) is 13. The van der Waals surface area contributed by atoms with Crippen molar-refractivity contribution in [1.29, 1.82) is 0 Å². The molecular formula is C51H66ClF2N5O10S. The Morgan fingerprint density at radius 3 is 2.30 bits per heavy atom. The molecule has 19 heteroatoms. The summed E-state index contributed by atoms with van der Waals surface area (Å²) >= 11 is 8.48. The van der Waals surface area contributed by atoms with Gasteiger partial charge in [0.25, 0.3) is 5.92 Å². The summed E-state index contributed by atoms with van der Waals surface area (Å²) in [6, 6.07) is 2.93. The summed E-state index contributed by atoms with van der Waals surface area (Å²) in [5, 5.41) is 16.6. The Morgan fingerprint density at radius 2 is 1.67 bits per heavy atom. The number of alkyl halides is 2. The van der Waals surface area contributed by atoms with Crippen molar-refractivity contribution in [1.82, 2.24) is 19.8 Å². The standard InChI is InChI=1S/C51H66ClF2N5O10S/c1-10-29-19-50(29,45(63)64)21-38(60)37-16-32(22-58(37)44(62)34(48(4,5)6)17-41(61)68-31-14-27-13-28(27)15-31)67-40-18-35(36-24-70-46(57-36)55-26(2)3)56-43-33(40)11-12-39(42(43)52)66-23-30-20-51(53,54)25-59(30)47(65)69-49(7,8)9/h11-12,18,24,26-32,34,37H,10,13-17,19-23,25H2,1-9H3,(H,55,57)(H,63,64)/t27-,28+,29-,30+,31?,32-,34-,37+,50-/m1/s1. The van der Waals surface area contributed by atoms with Crippen LogP contribution in [0, 0.1) is 34.5 Å². The van der Waals surface area contributed by atoms with Crippen molar-refractivity contribution in [2.24, 2.45) is 34.5 Å². The van der Waals surface area contributed by atoms with Gasteiger partial charge >= 0.3 is 18.0 Å². The third-order valence-corrected chi connectivity index (χ3v) is 15.7. The van der Waals surface area contributed by atoms with Crippen LogP contribution in [-0.2, 0) is 28.7 Å². The highest BCUT2D eigenvalue weighted by molar-refractivity contribution is 7.14. The molecule has 4 heterocycles. The number of carboxylic acids is 1. The van der Waals surface area contributed by atoms with Crippen molar-refractivity contribution >= 4 is 68.7 Å². The molecule has 1 unspecified atom stereocenters. The van der Waals surface area contributed by atoms with Crippen LogP contribution in [0.3, 0.4) is 0 Å². The molecule has 15 nitrogen and oxygen atoms in total. The molecule has 2 amide bonds. The fraction of sp³-hybridized carbons (Fsp3) is 0.667. The molecule has 2 aromatic heterocycles. The quantitative estimate of drug-likeness (QED) is 0.122. The number of hydrogen-bond donors (Lipinski definition) is 2. The van der Waals surface area contributed by atoms with E-state index in [0.717, 1.165) is 24.2 Å². The summed E-state index contributed by atoms with van der Waals surface area (Å²) in [5.41, 5.74) is -1.76. The van der Waals surface area contributed by atoms with Crippen LogP contribution in [0.4, 0.5) is 18.7 Å². The molecule has 2 aliphatic heterocycles. The molecule has 3 aromatic rings. The number of Topliss-reactive ketones (excluding diaryl/α,β-unsaturated/α-hetero) is 1. The van der Waals surface area contributed by atoms with Crippen molar-refractivity contribution in [2.45, 2.75) is 162 Å². The van der Waals surface area contributed by atoms with Crippen molar-refractivity contribution in [3.63, 3.8) is 0 Å². The number of benzene rings is 1. The predicted octanol–water partition coefficient (Wildman–Crippen LogP) is 10.1. The van der Waals surface area contributed by atoms with Gasteiger partial charge in [0.2, 0.25) is 5.91 Å². The fourth-order valence-corrected chi connectivity index (χ4v) is 11.8. The Balaban J connectivity index is 1.10. The minimum absolute atomic E-state index is 0.0354. The van der Waals surface area contributed by atoms with E-state index in [-0.39, 0.29) is 78.3 Å². The highest BCUT2D eigenvalue weighted by Gasteiger charge is 2.61. The fourth-order valence-electron chi connectivity index (χ4n) is 10.7. The van der Waals surface area contributed by atoms with Crippen molar-refractivity contribution < 1.29 is 56.8 Å². The number of carboxylic acid groups (broad SMARTS) is 1. The smallest absolute Gasteiger partial charge is 0.410 e. The summed E-state index contributed by atoms with van der Waals surface area (Å²) in [7, 11) is 0. The summed E-state index contributed by atoms with van der Waals surface area (Å²) < 4.78 is 53.8. The number of thiazole rings is 1. The number of amides is 2. The van der Waals surface area contributed by atoms with Crippen LogP contribution in [0.25, 0.3) is 22.3 Å². The lowest BCUT2D eigenvalue weighted by Gasteiger charge is -2.35. The first kappa shape index (κ1) is 51.5. The number of fused-ring (bicyclic) bond motifs is 2.